The Bertz CT molecular complexity index is 571. The first-order chi connectivity index (χ1) is 9.29. The molecule has 7 nitrogen and oxygen atoms in total. The Morgan fingerprint density at radius 3 is 2.35 bits per heavy atom. The maximum absolute atomic E-state index is 11.9. The molecule has 1 aromatic rings. The van der Waals surface area contributed by atoms with Gasteiger partial charge in [-0.15, -0.1) is 0 Å². The molecule has 1 rings (SSSR count). The van der Waals surface area contributed by atoms with E-state index in [1.165, 1.54) is 0 Å². The number of hydrogen-bond donors (Lipinski definition) is 2. The van der Waals surface area contributed by atoms with Gasteiger partial charge in [-0.1, -0.05) is 18.2 Å². The van der Waals surface area contributed by atoms with Crippen LogP contribution in [0.2, 0.25) is 0 Å². The van der Waals surface area contributed by atoms with Gasteiger partial charge in [-0.25, -0.2) is 13.2 Å². The molecule has 0 spiro atoms. The fraction of sp³-hybridized carbons (Fsp3) is 0.333. The summed E-state index contributed by atoms with van der Waals surface area (Å²) in [6, 6.07) is 7.63. The zero-order valence-corrected chi connectivity index (χ0v) is 11.8. The molecule has 0 heterocycles. The van der Waals surface area contributed by atoms with E-state index in [1.54, 1.807) is 30.3 Å². The van der Waals surface area contributed by atoms with Crippen molar-refractivity contribution in [3.8, 4) is 0 Å². The van der Waals surface area contributed by atoms with E-state index in [-0.39, 0.29) is 12.3 Å². The molecule has 2 N–H and O–H groups in total. The SMILES string of the molecule is CS(=O)(=O)CCNC(=O)N(CC(=O)O)c1ccccc1. The third-order valence-corrected chi connectivity index (χ3v) is 3.30. The Kier molecular flexibility index (Phi) is 5.51. The van der Waals surface area contributed by atoms with Crippen LogP contribution in [0.1, 0.15) is 0 Å². The van der Waals surface area contributed by atoms with Gasteiger partial charge in [-0.2, -0.15) is 0 Å². The minimum atomic E-state index is -3.18. The largest absolute Gasteiger partial charge is 0.480 e. The Morgan fingerprint density at radius 1 is 1.25 bits per heavy atom. The minimum Gasteiger partial charge on any atom is -0.480 e. The average Bonchev–Trinajstić information content (AvgIpc) is 2.35. The lowest BCUT2D eigenvalue weighted by Crippen LogP contribution is -2.44. The van der Waals surface area contributed by atoms with Gasteiger partial charge in [0.1, 0.15) is 16.4 Å². The Labute approximate surface area is 117 Å². The summed E-state index contributed by atoms with van der Waals surface area (Å²) in [4.78, 5) is 23.8. The molecule has 0 saturated heterocycles. The summed E-state index contributed by atoms with van der Waals surface area (Å²) < 4.78 is 21.9. The molecule has 0 atom stereocenters. The maximum Gasteiger partial charge on any atom is 0.323 e. The van der Waals surface area contributed by atoms with Gasteiger partial charge in [0.25, 0.3) is 0 Å². The van der Waals surface area contributed by atoms with Gasteiger partial charge >= 0.3 is 12.0 Å². The highest BCUT2D eigenvalue weighted by Gasteiger charge is 2.18. The molecule has 0 aliphatic heterocycles. The minimum absolute atomic E-state index is 0.0688. The number of urea groups is 1. The van der Waals surface area contributed by atoms with Crippen molar-refractivity contribution < 1.29 is 23.1 Å². The molecular weight excluding hydrogens is 284 g/mol. The first-order valence-electron chi connectivity index (χ1n) is 5.79. The first kappa shape index (κ1) is 16.0. The molecule has 0 radical (unpaired) electrons. The number of para-hydroxylation sites is 1. The van der Waals surface area contributed by atoms with Crippen LogP contribution in [-0.2, 0) is 14.6 Å². The lowest BCUT2D eigenvalue weighted by atomic mass is 10.3. The highest BCUT2D eigenvalue weighted by molar-refractivity contribution is 7.90. The normalized spacial score (nSPS) is 10.8. The van der Waals surface area contributed by atoms with E-state index in [9.17, 15) is 18.0 Å². The quantitative estimate of drug-likeness (QED) is 0.788. The summed E-state index contributed by atoms with van der Waals surface area (Å²) in [5.41, 5.74) is 0.423. The van der Waals surface area contributed by atoms with Gasteiger partial charge in [0.2, 0.25) is 0 Å². The smallest absolute Gasteiger partial charge is 0.323 e. The van der Waals surface area contributed by atoms with Crippen LogP contribution in [-0.4, -0.2) is 50.6 Å². The third kappa shape index (κ3) is 5.70. The van der Waals surface area contributed by atoms with Crippen LogP contribution in [0.25, 0.3) is 0 Å². The average molecular weight is 300 g/mol. The zero-order chi connectivity index (χ0) is 15.2. The Hall–Kier alpha value is -2.09. The molecule has 0 aromatic heterocycles. The second-order valence-corrected chi connectivity index (χ2v) is 6.44. The topological polar surface area (TPSA) is 104 Å². The van der Waals surface area contributed by atoms with Crippen molar-refractivity contribution in [2.24, 2.45) is 0 Å². The van der Waals surface area contributed by atoms with Crippen molar-refractivity contribution in [1.82, 2.24) is 5.32 Å². The predicted octanol–water partition coefficient (Wildman–Crippen LogP) is 0.332. The molecule has 8 heteroatoms. The summed E-state index contributed by atoms with van der Waals surface area (Å²) in [6.07, 6.45) is 1.06. The van der Waals surface area contributed by atoms with Crippen molar-refractivity contribution in [1.29, 1.82) is 0 Å². The van der Waals surface area contributed by atoms with Crippen LogP contribution in [0.15, 0.2) is 30.3 Å². The van der Waals surface area contributed by atoms with Crippen molar-refractivity contribution >= 4 is 27.5 Å². The number of amides is 2. The fourth-order valence-corrected chi connectivity index (χ4v) is 1.94. The number of carbonyl (C=O) groups is 2. The van der Waals surface area contributed by atoms with E-state index in [4.69, 9.17) is 5.11 Å². The van der Waals surface area contributed by atoms with Crippen molar-refractivity contribution in [3.63, 3.8) is 0 Å². The molecule has 1 aromatic carbocycles. The molecule has 2 amide bonds. The summed E-state index contributed by atoms with van der Waals surface area (Å²) in [7, 11) is -3.18. The first-order valence-corrected chi connectivity index (χ1v) is 7.85. The summed E-state index contributed by atoms with van der Waals surface area (Å²) in [5.74, 6) is -1.36. The molecule has 20 heavy (non-hydrogen) atoms. The van der Waals surface area contributed by atoms with Crippen LogP contribution >= 0.6 is 0 Å². The molecule has 0 aliphatic rings. The number of carboxylic acid groups (broad SMARTS) is 1. The van der Waals surface area contributed by atoms with Crippen molar-refractivity contribution in [2.45, 2.75) is 0 Å². The summed E-state index contributed by atoms with van der Waals surface area (Å²) in [6.45, 7) is -0.574. The summed E-state index contributed by atoms with van der Waals surface area (Å²) in [5, 5.41) is 11.2. The standard InChI is InChI=1S/C12H16N2O5S/c1-20(18,19)8-7-13-12(17)14(9-11(15)16)10-5-3-2-4-6-10/h2-6H,7-9H2,1H3,(H,13,17)(H,15,16). The van der Waals surface area contributed by atoms with Gasteiger partial charge in [0.15, 0.2) is 0 Å². The van der Waals surface area contributed by atoms with Crippen molar-refractivity contribution in [2.75, 3.05) is 30.0 Å². The molecule has 0 aliphatic carbocycles. The molecule has 110 valence electrons. The number of benzene rings is 1. The number of sulfone groups is 1. The lowest BCUT2D eigenvalue weighted by molar-refractivity contribution is -0.135. The number of hydrogen-bond acceptors (Lipinski definition) is 4. The second-order valence-electron chi connectivity index (χ2n) is 4.18. The van der Waals surface area contributed by atoms with E-state index in [0.717, 1.165) is 11.2 Å². The Balaban J connectivity index is 2.73. The van der Waals surface area contributed by atoms with Crippen LogP contribution in [0.5, 0.6) is 0 Å². The van der Waals surface area contributed by atoms with Gasteiger partial charge in [0.05, 0.1) is 5.75 Å². The van der Waals surface area contributed by atoms with Crippen LogP contribution in [0.4, 0.5) is 10.5 Å². The molecular formula is C12H16N2O5S. The van der Waals surface area contributed by atoms with E-state index >= 15 is 0 Å². The van der Waals surface area contributed by atoms with E-state index in [2.05, 4.69) is 5.32 Å². The molecule has 0 unspecified atom stereocenters. The number of aliphatic carboxylic acids is 1. The van der Waals surface area contributed by atoms with Crippen LogP contribution in [0.3, 0.4) is 0 Å². The third-order valence-electron chi connectivity index (χ3n) is 2.36. The number of carboxylic acids is 1. The predicted molar refractivity (Wildman–Crippen MR) is 74.5 cm³/mol. The maximum atomic E-state index is 11.9. The van der Waals surface area contributed by atoms with Crippen LogP contribution < -0.4 is 10.2 Å². The number of nitrogens with one attached hydrogen (secondary N) is 1. The zero-order valence-electron chi connectivity index (χ0n) is 10.9. The van der Waals surface area contributed by atoms with Crippen molar-refractivity contribution in [3.05, 3.63) is 30.3 Å². The van der Waals surface area contributed by atoms with Crippen LogP contribution in [0, 0.1) is 0 Å². The number of rotatable bonds is 6. The van der Waals surface area contributed by atoms with Gasteiger partial charge < -0.3 is 10.4 Å². The van der Waals surface area contributed by atoms with Gasteiger partial charge in [0, 0.05) is 18.5 Å². The highest BCUT2D eigenvalue weighted by Crippen LogP contribution is 2.12. The lowest BCUT2D eigenvalue weighted by Gasteiger charge is -2.21. The van der Waals surface area contributed by atoms with E-state index < -0.39 is 28.4 Å². The highest BCUT2D eigenvalue weighted by atomic mass is 32.2. The molecule has 0 fully saturated rings. The number of carbonyl (C=O) groups excluding carboxylic acids is 1. The number of anilines is 1. The number of nitrogens with zero attached hydrogens (tertiary/aromatic N) is 1. The molecule has 0 bridgehead atoms. The second kappa shape index (κ2) is 6.90. The fourth-order valence-electron chi connectivity index (χ4n) is 1.46. The molecule has 0 saturated carbocycles. The Morgan fingerprint density at radius 2 is 1.85 bits per heavy atom. The van der Waals surface area contributed by atoms with Gasteiger partial charge in [-0.05, 0) is 12.1 Å². The summed E-state index contributed by atoms with van der Waals surface area (Å²) >= 11 is 0. The van der Waals surface area contributed by atoms with E-state index in [0.29, 0.717) is 5.69 Å². The van der Waals surface area contributed by atoms with Gasteiger partial charge in [-0.3, -0.25) is 9.69 Å². The van der Waals surface area contributed by atoms with E-state index in [1.807, 2.05) is 0 Å². The monoisotopic (exact) mass is 300 g/mol.